The van der Waals surface area contributed by atoms with Gasteiger partial charge in [0.2, 0.25) is 0 Å². The van der Waals surface area contributed by atoms with Crippen molar-refractivity contribution in [3.63, 3.8) is 0 Å². The summed E-state index contributed by atoms with van der Waals surface area (Å²) < 4.78 is 19.4. The zero-order chi connectivity index (χ0) is 35.8. The van der Waals surface area contributed by atoms with E-state index < -0.39 is 18.0 Å². The average molecular weight is 699 g/mol. The Balaban J connectivity index is 1.01. The van der Waals surface area contributed by atoms with Gasteiger partial charge in [0.15, 0.2) is 0 Å². The van der Waals surface area contributed by atoms with Crippen molar-refractivity contribution in [2.75, 3.05) is 26.2 Å². The lowest BCUT2D eigenvalue weighted by molar-refractivity contribution is -0.185. The predicted molar refractivity (Wildman–Crippen MR) is 185 cm³/mol. The molecule has 8 aliphatic rings. The first-order chi connectivity index (χ1) is 23.5. The van der Waals surface area contributed by atoms with Gasteiger partial charge in [0.05, 0.1) is 24.2 Å². The van der Waals surface area contributed by atoms with Crippen molar-refractivity contribution in [3.05, 3.63) is 0 Å². The van der Waals surface area contributed by atoms with Crippen LogP contribution in [0.1, 0.15) is 113 Å². The molecule has 2 amide bonds. The number of aliphatic carboxylic acids is 1. The summed E-state index contributed by atoms with van der Waals surface area (Å²) in [7, 11) is 0. The number of aliphatic hydroxyl groups excluding tert-OH is 1. The standard InChI is InChI=1S/C40H62N2O8/c1-22(2)30(50-34(46)41-16-8-17-41)25-19-23(3)29-31(48-25)32(43)38(7)27-10-9-26-36(4,5)28(49-35(47)42-18-12-24(20-42)33(44)45)11-13-39(26)21-40(27,39)15-14-37(29,38)6/h22-32,43H,8-21H2,1-7H3,(H,44,45)/t23-,24-,25-,26+,27+,28+,29+,30-,31+,32+,37-,38-,39-,40+/m1/s1. The Morgan fingerprint density at radius 3 is 2.22 bits per heavy atom. The average Bonchev–Trinajstić information content (AvgIpc) is 3.32. The zero-order valence-electron chi connectivity index (χ0n) is 31.5. The number of carboxylic acid groups (broad SMARTS) is 1. The van der Waals surface area contributed by atoms with Crippen molar-refractivity contribution in [3.8, 4) is 0 Å². The van der Waals surface area contributed by atoms with Crippen LogP contribution in [0.15, 0.2) is 0 Å². The first-order valence-corrected chi connectivity index (χ1v) is 20.0. The number of nitrogens with zero attached hydrogens (tertiary/aromatic N) is 2. The van der Waals surface area contributed by atoms with E-state index >= 15 is 0 Å². The van der Waals surface area contributed by atoms with Crippen LogP contribution in [0.2, 0.25) is 0 Å². The molecule has 5 saturated carbocycles. The summed E-state index contributed by atoms with van der Waals surface area (Å²) in [6.45, 7) is 18.2. The number of hydrogen-bond acceptors (Lipinski definition) is 7. The Kier molecular flexibility index (Phi) is 8.02. The van der Waals surface area contributed by atoms with Crippen molar-refractivity contribution >= 4 is 18.2 Å². The number of rotatable bonds is 5. The number of amides is 2. The Labute approximate surface area is 298 Å². The van der Waals surface area contributed by atoms with Gasteiger partial charge in [-0.3, -0.25) is 4.79 Å². The molecule has 8 fully saturated rings. The monoisotopic (exact) mass is 698 g/mol. The summed E-state index contributed by atoms with van der Waals surface area (Å²) in [6.07, 6.45) is 7.57. The highest BCUT2D eigenvalue weighted by Crippen LogP contribution is 2.89. The number of carbonyl (C=O) groups is 3. The predicted octanol–water partition coefficient (Wildman–Crippen LogP) is 6.58. The first kappa shape index (κ1) is 35.0. The minimum atomic E-state index is -0.844. The van der Waals surface area contributed by atoms with Crippen LogP contribution in [0.25, 0.3) is 0 Å². The number of likely N-dealkylation sites (tertiary alicyclic amines) is 2. The summed E-state index contributed by atoms with van der Waals surface area (Å²) >= 11 is 0. The molecule has 0 bridgehead atoms. The summed E-state index contributed by atoms with van der Waals surface area (Å²) in [6, 6.07) is 0. The van der Waals surface area contributed by atoms with Crippen molar-refractivity contribution in [2.24, 2.45) is 62.6 Å². The van der Waals surface area contributed by atoms with Gasteiger partial charge in [0.1, 0.15) is 12.2 Å². The van der Waals surface area contributed by atoms with Crippen LogP contribution >= 0.6 is 0 Å². The summed E-state index contributed by atoms with van der Waals surface area (Å²) in [5.74, 6) is 0.183. The SMILES string of the molecule is CC(C)[C@@H](OC(=O)N1CCC1)[C@H]1C[C@@H](C)[C@H]2[C@H](O1)[C@H](O)[C@@]1(C)[C@@H]3CC[C@H]4C(C)(C)[C@@H](OC(=O)N5CC[C@@H](C(=O)O)C5)CC[C@@]45C[C@@]35CC[C@]21C. The second-order valence-corrected chi connectivity index (χ2v) is 19.6. The van der Waals surface area contributed by atoms with Gasteiger partial charge in [-0.05, 0) is 110 Å². The van der Waals surface area contributed by atoms with Gasteiger partial charge in [-0.15, -0.1) is 0 Å². The number of carboxylic acids is 1. The molecule has 3 saturated heterocycles. The summed E-state index contributed by atoms with van der Waals surface area (Å²) in [4.78, 5) is 41.1. The molecule has 14 atom stereocenters. The first-order valence-electron chi connectivity index (χ1n) is 20.0. The molecule has 2 N–H and O–H groups in total. The molecule has 2 spiro atoms. The van der Waals surface area contributed by atoms with E-state index in [0.717, 1.165) is 58.0 Å². The molecule has 3 aliphatic heterocycles. The van der Waals surface area contributed by atoms with Crippen LogP contribution in [-0.2, 0) is 19.0 Å². The third-order valence-electron chi connectivity index (χ3n) is 17.2. The lowest BCUT2D eigenvalue weighted by atomic mass is 9.41. The Bertz CT molecular complexity index is 1420. The number of fused-ring (bicyclic) bond motifs is 4. The van der Waals surface area contributed by atoms with Gasteiger partial charge < -0.3 is 34.2 Å². The van der Waals surface area contributed by atoms with Crippen LogP contribution in [0, 0.1) is 62.6 Å². The molecular formula is C40H62N2O8. The van der Waals surface area contributed by atoms with Gasteiger partial charge in [-0.25, -0.2) is 9.59 Å². The summed E-state index contributed by atoms with van der Waals surface area (Å²) in [5.41, 5.74) is -0.150. The number of carbonyl (C=O) groups excluding carboxylic acids is 2. The molecule has 10 heteroatoms. The van der Waals surface area contributed by atoms with E-state index in [-0.39, 0.29) is 82.1 Å². The highest BCUT2D eigenvalue weighted by Gasteiger charge is 2.84. The minimum Gasteiger partial charge on any atom is -0.481 e. The van der Waals surface area contributed by atoms with Crippen LogP contribution in [0.5, 0.6) is 0 Å². The smallest absolute Gasteiger partial charge is 0.410 e. The lowest BCUT2D eigenvalue weighted by Crippen LogP contribution is -2.60. The van der Waals surface area contributed by atoms with Crippen molar-refractivity contribution < 1.29 is 38.8 Å². The van der Waals surface area contributed by atoms with Gasteiger partial charge in [-0.1, -0.05) is 48.5 Å². The molecule has 280 valence electrons. The number of hydrogen-bond donors (Lipinski definition) is 2. The third kappa shape index (κ3) is 4.54. The molecule has 0 radical (unpaired) electrons. The van der Waals surface area contributed by atoms with E-state index in [1.807, 2.05) is 0 Å². The van der Waals surface area contributed by atoms with E-state index in [9.17, 15) is 24.6 Å². The Hall–Kier alpha value is -2.07. The molecule has 0 aromatic carbocycles. The molecule has 50 heavy (non-hydrogen) atoms. The molecule has 0 aromatic rings. The van der Waals surface area contributed by atoms with Gasteiger partial charge in [0, 0.05) is 37.0 Å². The fraction of sp³-hybridized carbons (Fsp3) is 0.925. The Morgan fingerprint density at radius 2 is 1.58 bits per heavy atom. The third-order valence-corrected chi connectivity index (χ3v) is 17.2. The molecular weight excluding hydrogens is 636 g/mol. The summed E-state index contributed by atoms with van der Waals surface area (Å²) in [5, 5.41) is 22.1. The Morgan fingerprint density at radius 1 is 0.880 bits per heavy atom. The van der Waals surface area contributed by atoms with Crippen LogP contribution < -0.4 is 0 Å². The van der Waals surface area contributed by atoms with Crippen molar-refractivity contribution in [1.82, 2.24) is 9.80 Å². The van der Waals surface area contributed by atoms with E-state index in [1.165, 1.54) is 12.8 Å². The molecule has 3 heterocycles. The largest absolute Gasteiger partial charge is 0.481 e. The minimum absolute atomic E-state index is 0.0541. The highest BCUT2D eigenvalue weighted by molar-refractivity contribution is 5.74. The van der Waals surface area contributed by atoms with Crippen LogP contribution in [0.3, 0.4) is 0 Å². The quantitative estimate of drug-likeness (QED) is 0.330. The topological polar surface area (TPSA) is 126 Å². The maximum absolute atomic E-state index is 13.3. The highest BCUT2D eigenvalue weighted by atomic mass is 16.6. The second-order valence-electron chi connectivity index (χ2n) is 19.6. The molecule has 10 nitrogen and oxygen atoms in total. The van der Waals surface area contributed by atoms with Gasteiger partial charge >= 0.3 is 18.2 Å². The molecule has 8 rings (SSSR count). The van der Waals surface area contributed by atoms with Crippen LogP contribution in [0.4, 0.5) is 9.59 Å². The van der Waals surface area contributed by atoms with Gasteiger partial charge in [-0.2, -0.15) is 0 Å². The zero-order valence-corrected chi connectivity index (χ0v) is 31.5. The second kappa shape index (κ2) is 11.5. The maximum atomic E-state index is 13.3. The van der Waals surface area contributed by atoms with Gasteiger partial charge in [0.25, 0.3) is 0 Å². The fourth-order valence-electron chi connectivity index (χ4n) is 14.4. The lowest BCUT2D eigenvalue weighted by Gasteiger charge is -2.63. The normalized spacial score (nSPS) is 49.0. The fourth-order valence-corrected chi connectivity index (χ4v) is 14.4. The van der Waals surface area contributed by atoms with Crippen molar-refractivity contribution in [2.45, 2.75) is 143 Å². The molecule has 0 unspecified atom stereocenters. The van der Waals surface area contributed by atoms with Crippen molar-refractivity contribution in [1.29, 1.82) is 0 Å². The van der Waals surface area contributed by atoms with E-state index in [2.05, 4.69) is 48.5 Å². The number of aliphatic hydroxyl groups is 1. The van der Waals surface area contributed by atoms with E-state index in [0.29, 0.717) is 30.7 Å². The number of ether oxygens (including phenoxy) is 3. The van der Waals surface area contributed by atoms with E-state index in [4.69, 9.17) is 14.2 Å². The van der Waals surface area contributed by atoms with Crippen LogP contribution in [-0.4, -0.2) is 94.9 Å². The van der Waals surface area contributed by atoms with E-state index in [1.54, 1.807) is 9.80 Å². The molecule has 0 aromatic heterocycles. The molecule has 5 aliphatic carbocycles. The maximum Gasteiger partial charge on any atom is 0.410 e.